The van der Waals surface area contributed by atoms with E-state index in [4.69, 9.17) is 5.73 Å². The van der Waals surface area contributed by atoms with Gasteiger partial charge in [-0.1, -0.05) is 6.92 Å². The molecule has 0 saturated heterocycles. The molecule has 0 aromatic heterocycles. The Bertz CT molecular complexity index is 424. The third kappa shape index (κ3) is 3.44. The van der Waals surface area contributed by atoms with Crippen molar-refractivity contribution in [2.75, 3.05) is 6.54 Å². The monoisotopic (exact) mass is 248 g/mol. The van der Waals surface area contributed by atoms with Crippen LogP contribution in [0.2, 0.25) is 0 Å². The first-order valence-corrected chi connectivity index (χ1v) is 5.03. The Kier molecular flexibility index (Phi) is 4.09. The van der Waals surface area contributed by atoms with Crippen LogP contribution in [-0.2, 0) is 6.18 Å². The van der Waals surface area contributed by atoms with Crippen molar-refractivity contribution in [3.05, 3.63) is 35.1 Å². The summed E-state index contributed by atoms with van der Waals surface area (Å²) >= 11 is 0. The van der Waals surface area contributed by atoms with Gasteiger partial charge in [0.1, 0.15) is 11.7 Å². The van der Waals surface area contributed by atoms with Gasteiger partial charge in [0.2, 0.25) is 0 Å². The average Bonchev–Trinajstić information content (AvgIpc) is 2.24. The molecule has 0 bridgehead atoms. The number of nitrogens with zero attached hydrogens (tertiary/aromatic N) is 1. The summed E-state index contributed by atoms with van der Waals surface area (Å²) in [5, 5.41) is 0. The van der Waals surface area contributed by atoms with Gasteiger partial charge in [-0.2, -0.15) is 13.2 Å². The third-order valence-electron chi connectivity index (χ3n) is 2.07. The van der Waals surface area contributed by atoms with Crippen LogP contribution in [0.3, 0.4) is 0 Å². The van der Waals surface area contributed by atoms with Gasteiger partial charge in [0.25, 0.3) is 0 Å². The minimum absolute atomic E-state index is 0.293. The molecule has 6 heteroatoms. The summed E-state index contributed by atoms with van der Waals surface area (Å²) in [6.45, 7) is 2.12. The van der Waals surface area contributed by atoms with E-state index in [1.54, 1.807) is 0 Å². The van der Waals surface area contributed by atoms with Crippen LogP contribution in [0.15, 0.2) is 23.2 Å². The van der Waals surface area contributed by atoms with E-state index in [0.29, 0.717) is 19.0 Å². The standard InChI is InChI=1S/C11H12F4N2/c1-2-5-17-10(16)8-6-7(12)3-4-9(8)11(13,14)15/h3-4,6H,2,5H2,1H3,(H2,16,17). The number of hydrogen-bond donors (Lipinski definition) is 1. The molecule has 0 aliphatic heterocycles. The van der Waals surface area contributed by atoms with Gasteiger partial charge in [-0.15, -0.1) is 0 Å². The fourth-order valence-corrected chi connectivity index (χ4v) is 1.29. The molecule has 17 heavy (non-hydrogen) atoms. The Morgan fingerprint density at radius 1 is 1.35 bits per heavy atom. The van der Waals surface area contributed by atoms with Crippen LogP contribution in [0.1, 0.15) is 24.5 Å². The number of aliphatic imine (C=N–C) groups is 1. The van der Waals surface area contributed by atoms with Crippen molar-refractivity contribution in [3.8, 4) is 0 Å². The Morgan fingerprint density at radius 3 is 2.53 bits per heavy atom. The number of halogens is 4. The molecule has 0 spiro atoms. The van der Waals surface area contributed by atoms with Crippen molar-refractivity contribution in [1.29, 1.82) is 0 Å². The Hall–Kier alpha value is -1.59. The molecule has 1 rings (SSSR count). The van der Waals surface area contributed by atoms with Gasteiger partial charge in [0.05, 0.1) is 5.56 Å². The largest absolute Gasteiger partial charge is 0.417 e. The fourth-order valence-electron chi connectivity index (χ4n) is 1.29. The van der Waals surface area contributed by atoms with Crippen molar-refractivity contribution in [3.63, 3.8) is 0 Å². The first kappa shape index (κ1) is 13.5. The predicted octanol–water partition coefficient (Wildman–Crippen LogP) is 2.96. The van der Waals surface area contributed by atoms with Crippen LogP contribution in [0.25, 0.3) is 0 Å². The van der Waals surface area contributed by atoms with Gasteiger partial charge >= 0.3 is 6.18 Å². The summed E-state index contributed by atoms with van der Waals surface area (Å²) in [5.41, 5.74) is 4.04. The highest BCUT2D eigenvalue weighted by molar-refractivity contribution is 5.99. The molecule has 0 radical (unpaired) electrons. The van der Waals surface area contributed by atoms with Crippen LogP contribution in [0, 0.1) is 5.82 Å². The van der Waals surface area contributed by atoms with E-state index < -0.39 is 23.1 Å². The lowest BCUT2D eigenvalue weighted by Gasteiger charge is -2.12. The minimum atomic E-state index is -4.57. The lowest BCUT2D eigenvalue weighted by atomic mass is 10.1. The second-order valence-electron chi connectivity index (χ2n) is 3.45. The average molecular weight is 248 g/mol. The van der Waals surface area contributed by atoms with Crippen LogP contribution in [-0.4, -0.2) is 12.4 Å². The number of hydrogen-bond acceptors (Lipinski definition) is 1. The van der Waals surface area contributed by atoms with Crippen molar-refractivity contribution in [2.24, 2.45) is 10.7 Å². The van der Waals surface area contributed by atoms with E-state index in [9.17, 15) is 17.6 Å². The molecule has 0 saturated carbocycles. The second-order valence-corrected chi connectivity index (χ2v) is 3.45. The molecule has 0 aliphatic rings. The molecular weight excluding hydrogens is 236 g/mol. The first-order valence-electron chi connectivity index (χ1n) is 5.03. The van der Waals surface area contributed by atoms with Crippen LogP contribution in [0.4, 0.5) is 17.6 Å². The maximum absolute atomic E-state index is 12.9. The first-order chi connectivity index (χ1) is 7.86. The van der Waals surface area contributed by atoms with E-state index in [-0.39, 0.29) is 5.84 Å². The molecule has 0 unspecified atom stereocenters. The number of rotatable bonds is 3. The zero-order valence-corrected chi connectivity index (χ0v) is 9.18. The van der Waals surface area contributed by atoms with Gasteiger partial charge in [0.15, 0.2) is 0 Å². The number of amidine groups is 1. The van der Waals surface area contributed by atoms with Gasteiger partial charge in [-0.05, 0) is 24.6 Å². The highest BCUT2D eigenvalue weighted by Gasteiger charge is 2.34. The van der Waals surface area contributed by atoms with Gasteiger partial charge in [-0.3, -0.25) is 4.99 Å². The van der Waals surface area contributed by atoms with Crippen molar-refractivity contribution < 1.29 is 17.6 Å². The Morgan fingerprint density at radius 2 is 2.00 bits per heavy atom. The lowest BCUT2D eigenvalue weighted by molar-refractivity contribution is -0.137. The number of benzene rings is 1. The normalized spacial score (nSPS) is 12.9. The Balaban J connectivity index is 3.25. The lowest BCUT2D eigenvalue weighted by Crippen LogP contribution is -2.20. The molecule has 2 N–H and O–H groups in total. The van der Waals surface area contributed by atoms with Crippen LogP contribution >= 0.6 is 0 Å². The summed E-state index contributed by atoms with van der Waals surface area (Å²) in [7, 11) is 0. The maximum atomic E-state index is 12.9. The summed E-state index contributed by atoms with van der Waals surface area (Å²) in [5.74, 6) is -1.07. The van der Waals surface area contributed by atoms with Gasteiger partial charge in [0, 0.05) is 12.1 Å². The zero-order valence-electron chi connectivity index (χ0n) is 9.18. The number of alkyl halides is 3. The quantitative estimate of drug-likeness (QED) is 0.498. The van der Waals surface area contributed by atoms with E-state index in [1.807, 2.05) is 6.92 Å². The van der Waals surface area contributed by atoms with Crippen LogP contribution < -0.4 is 5.73 Å². The molecule has 1 aromatic carbocycles. The SMILES string of the molecule is CCCN=C(N)c1cc(F)ccc1C(F)(F)F. The molecular formula is C11H12F4N2. The Labute approximate surface area is 96.2 Å². The molecule has 0 atom stereocenters. The second kappa shape index (κ2) is 5.16. The summed E-state index contributed by atoms with van der Waals surface area (Å²) in [4.78, 5) is 3.76. The summed E-state index contributed by atoms with van der Waals surface area (Å²) in [6.07, 6.45) is -3.92. The van der Waals surface area contributed by atoms with Gasteiger partial charge < -0.3 is 5.73 Å². The highest BCUT2D eigenvalue weighted by atomic mass is 19.4. The van der Waals surface area contributed by atoms with Crippen molar-refractivity contribution in [1.82, 2.24) is 0 Å². The highest BCUT2D eigenvalue weighted by Crippen LogP contribution is 2.32. The molecule has 0 amide bonds. The van der Waals surface area contributed by atoms with E-state index in [1.165, 1.54) is 0 Å². The fraction of sp³-hybridized carbons (Fsp3) is 0.364. The molecule has 0 aliphatic carbocycles. The van der Waals surface area contributed by atoms with E-state index in [2.05, 4.69) is 4.99 Å². The molecule has 1 aromatic rings. The van der Waals surface area contributed by atoms with Crippen LogP contribution in [0.5, 0.6) is 0 Å². The van der Waals surface area contributed by atoms with Crippen molar-refractivity contribution >= 4 is 5.84 Å². The molecule has 2 nitrogen and oxygen atoms in total. The molecule has 0 fully saturated rings. The summed E-state index contributed by atoms with van der Waals surface area (Å²) < 4.78 is 50.8. The van der Waals surface area contributed by atoms with Crippen molar-refractivity contribution in [2.45, 2.75) is 19.5 Å². The molecule has 94 valence electrons. The van der Waals surface area contributed by atoms with E-state index >= 15 is 0 Å². The summed E-state index contributed by atoms with van der Waals surface area (Å²) in [6, 6.07) is 2.16. The van der Waals surface area contributed by atoms with Gasteiger partial charge in [-0.25, -0.2) is 4.39 Å². The van der Waals surface area contributed by atoms with E-state index in [0.717, 1.165) is 12.1 Å². The number of nitrogens with two attached hydrogens (primary N) is 1. The predicted molar refractivity (Wildman–Crippen MR) is 57.3 cm³/mol. The molecule has 0 heterocycles. The zero-order chi connectivity index (χ0) is 13.1. The smallest absolute Gasteiger partial charge is 0.383 e. The third-order valence-corrected chi connectivity index (χ3v) is 2.07. The maximum Gasteiger partial charge on any atom is 0.417 e. The topological polar surface area (TPSA) is 38.4 Å². The minimum Gasteiger partial charge on any atom is -0.383 e.